The summed E-state index contributed by atoms with van der Waals surface area (Å²) in [6.07, 6.45) is 3.38. The van der Waals surface area contributed by atoms with Crippen LogP contribution < -0.4 is 10.6 Å². The minimum atomic E-state index is 0. The predicted molar refractivity (Wildman–Crippen MR) is 115 cm³/mol. The molecule has 1 aliphatic heterocycles. The van der Waals surface area contributed by atoms with E-state index >= 15 is 0 Å². The summed E-state index contributed by atoms with van der Waals surface area (Å²) in [5.74, 6) is 0.881. The number of piperazine rings is 1. The van der Waals surface area contributed by atoms with Gasteiger partial charge in [0.05, 0.1) is 13.2 Å². The molecule has 0 saturated carbocycles. The zero-order valence-corrected chi connectivity index (χ0v) is 18.6. The summed E-state index contributed by atoms with van der Waals surface area (Å²) >= 11 is 0. The third-order valence-electron chi connectivity index (χ3n) is 4.20. The molecule has 1 fully saturated rings. The van der Waals surface area contributed by atoms with Crippen molar-refractivity contribution in [1.29, 1.82) is 0 Å². The first-order chi connectivity index (χ1) is 11.8. The quantitative estimate of drug-likeness (QED) is 0.191. The minimum Gasteiger partial charge on any atom is -0.382 e. The smallest absolute Gasteiger partial charge is 0.190 e. The lowest BCUT2D eigenvalue weighted by Crippen LogP contribution is -2.44. The lowest BCUT2D eigenvalue weighted by Gasteiger charge is -2.32. The highest BCUT2D eigenvalue weighted by Gasteiger charge is 2.12. The van der Waals surface area contributed by atoms with Crippen LogP contribution in [-0.2, 0) is 9.47 Å². The number of guanidine groups is 1. The van der Waals surface area contributed by atoms with Gasteiger partial charge in [-0.15, -0.1) is 24.0 Å². The molecular formula is C17H38IN5O2. The summed E-state index contributed by atoms with van der Waals surface area (Å²) in [7, 11) is 5.70. The van der Waals surface area contributed by atoms with E-state index in [-0.39, 0.29) is 24.0 Å². The molecule has 0 unspecified atom stereocenters. The normalized spacial score (nSPS) is 16.5. The van der Waals surface area contributed by atoms with Crippen LogP contribution in [0.1, 0.15) is 19.3 Å². The van der Waals surface area contributed by atoms with Crippen LogP contribution in [0.3, 0.4) is 0 Å². The van der Waals surface area contributed by atoms with Crippen LogP contribution in [0.15, 0.2) is 4.99 Å². The van der Waals surface area contributed by atoms with Gasteiger partial charge in [-0.3, -0.25) is 4.99 Å². The third kappa shape index (κ3) is 13.7. The second kappa shape index (κ2) is 17.3. The SMILES string of the molecule is CN=C(NCCCCN1CCN(C)CC1)NCCCOCCOC.I. The molecule has 1 aliphatic rings. The number of hydrogen-bond acceptors (Lipinski definition) is 5. The number of unbranched alkanes of at least 4 members (excludes halogenated alkanes) is 1. The standard InChI is InChI=1S/C17H37N5O2.HI/c1-18-17(20-8-6-14-24-16-15-23-3)19-7-4-5-9-22-12-10-21(2)11-13-22;/h4-16H2,1-3H3,(H2,18,19,20);1H. The molecule has 8 heteroatoms. The molecule has 0 bridgehead atoms. The van der Waals surface area contributed by atoms with Gasteiger partial charge in [0, 0.05) is 60.0 Å². The highest BCUT2D eigenvalue weighted by Crippen LogP contribution is 2.01. The van der Waals surface area contributed by atoms with Crippen LogP contribution in [0.2, 0.25) is 0 Å². The number of likely N-dealkylation sites (N-methyl/N-ethyl adjacent to an activating group) is 1. The van der Waals surface area contributed by atoms with Gasteiger partial charge in [0.1, 0.15) is 0 Å². The molecule has 0 radical (unpaired) electrons. The van der Waals surface area contributed by atoms with Gasteiger partial charge in [0.2, 0.25) is 0 Å². The van der Waals surface area contributed by atoms with Crippen LogP contribution in [0.25, 0.3) is 0 Å². The molecule has 0 atom stereocenters. The monoisotopic (exact) mass is 471 g/mol. The second-order valence-electron chi connectivity index (χ2n) is 6.24. The van der Waals surface area contributed by atoms with E-state index in [2.05, 4.69) is 32.5 Å². The second-order valence-corrected chi connectivity index (χ2v) is 6.24. The topological polar surface area (TPSA) is 61.4 Å². The van der Waals surface area contributed by atoms with Crippen LogP contribution in [0.5, 0.6) is 0 Å². The fraction of sp³-hybridized carbons (Fsp3) is 0.941. The van der Waals surface area contributed by atoms with Crippen molar-refractivity contribution in [3.8, 4) is 0 Å². The van der Waals surface area contributed by atoms with E-state index in [1.807, 2.05) is 7.05 Å². The van der Waals surface area contributed by atoms with Crippen LogP contribution in [-0.4, -0.2) is 103 Å². The molecule has 1 heterocycles. The largest absolute Gasteiger partial charge is 0.382 e. The highest BCUT2D eigenvalue weighted by atomic mass is 127. The van der Waals surface area contributed by atoms with E-state index in [0.717, 1.165) is 32.1 Å². The number of ether oxygens (including phenoxy) is 2. The van der Waals surface area contributed by atoms with Crippen LogP contribution >= 0.6 is 24.0 Å². The lowest BCUT2D eigenvalue weighted by atomic mass is 10.2. The predicted octanol–water partition coefficient (Wildman–Crippen LogP) is 0.850. The Kier molecular flexibility index (Phi) is 17.2. The average molecular weight is 471 g/mol. The Morgan fingerprint density at radius 2 is 1.64 bits per heavy atom. The molecule has 0 aromatic carbocycles. The molecule has 0 amide bonds. The van der Waals surface area contributed by atoms with E-state index in [4.69, 9.17) is 9.47 Å². The van der Waals surface area contributed by atoms with Gasteiger partial charge in [-0.2, -0.15) is 0 Å². The Morgan fingerprint density at radius 1 is 0.960 bits per heavy atom. The third-order valence-corrected chi connectivity index (χ3v) is 4.20. The molecule has 1 rings (SSSR count). The molecule has 0 aliphatic carbocycles. The number of rotatable bonds is 12. The van der Waals surface area contributed by atoms with E-state index < -0.39 is 0 Å². The molecule has 0 aromatic rings. The van der Waals surface area contributed by atoms with E-state index in [9.17, 15) is 0 Å². The number of aliphatic imine (C=N–C) groups is 1. The summed E-state index contributed by atoms with van der Waals surface area (Å²) in [4.78, 5) is 9.21. The van der Waals surface area contributed by atoms with E-state index in [1.54, 1.807) is 7.11 Å². The summed E-state index contributed by atoms with van der Waals surface area (Å²) in [6.45, 7) is 9.93. The molecule has 1 saturated heterocycles. The van der Waals surface area contributed by atoms with Gasteiger partial charge in [-0.25, -0.2) is 0 Å². The van der Waals surface area contributed by atoms with Crippen molar-refractivity contribution < 1.29 is 9.47 Å². The summed E-state index contributed by atoms with van der Waals surface area (Å²) < 4.78 is 10.4. The first-order valence-corrected chi connectivity index (χ1v) is 9.18. The number of hydrogen-bond donors (Lipinski definition) is 2. The van der Waals surface area contributed by atoms with Gasteiger partial charge in [0.25, 0.3) is 0 Å². The molecule has 0 aromatic heterocycles. The Balaban J connectivity index is 0.00000576. The number of nitrogens with one attached hydrogen (secondary N) is 2. The Labute approximate surface area is 170 Å². The molecule has 7 nitrogen and oxygen atoms in total. The zero-order valence-electron chi connectivity index (χ0n) is 16.3. The first-order valence-electron chi connectivity index (χ1n) is 9.18. The summed E-state index contributed by atoms with van der Waals surface area (Å²) in [6, 6.07) is 0. The van der Waals surface area contributed by atoms with Crippen molar-refractivity contribution in [2.45, 2.75) is 19.3 Å². The van der Waals surface area contributed by atoms with Crippen molar-refractivity contribution in [1.82, 2.24) is 20.4 Å². The zero-order chi connectivity index (χ0) is 17.5. The van der Waals surface area contributed by atoms with E-state index in [1.165, 1.54) is 45.6 Å². The molecule has 2 N–H and O–H groups in total. The molecule has 0 spiro atoms. The fourth-order valence-corrected chi connectivity index (χ4v) is 2.58. The van der Waals surface area contributed by atoms with Gasteiger partial charge < -0.3 is 29.9 Å². The van der Waals surface area contributed by atoms with Crippen molar-refractivity contribution in [3.63, 3.8) is 0 Å². The average Bonchev–Trinajstić information content (AvgIpc) is 2.60. The Bertz CT molecular complexity index is 326. The number of methoxy groups -OCH3 is 1. The summed E-state index contributed by atoms with van der Waals surface area (Å²) in [5.41, 5.74) is 0. The first kappa shape index (κ1) is 24.8. The van der Waals surface area contributed by atoms with Crippen molar-refractivity contribution in [2.24, 2.45) is 4.99 Å². The van der Waals surface area contributed by atoms with Gasteiger partial charge >= 0.3 is 0 Å². The van der Waals surface area contributed by atoms with Gasteiger partial charge in [-0.05, 0) is 32.9 Å². The van der Waals surface area contributed by atoms with Crippen molar-refractivity contribution in [2.75, 3.05) is 86.8 Å². The molecular weight excluding hydrogens is 433 g/mol. The van der Waals surface area contributed by atoms with Crippen molar-refractivity contribution in [3.05, 3.63) is 0 Å². The maximum absolute atomic E-state index is 5.43. The fourth-order valence-electron chi connectivity index (χ4n) is 2.58. The Hall–Kier alpha value is -0.160. The molecule has 25 heavy (non-hydrogen) atoms. The maximum atomic E-state index is 5.43. The van der Waals surface area contributed by atoms with Gasteiger partial charge in [0.15, 0.2) is 5.96 Å². The lowest BCUT2D eigenvalue weighted by molar-refractivity contribution is 0.0698. The maximum Gasteiger partial charge on any atom is 0.190 e. The number of nitrogens with zero attached hydrogens (tertiary/aromatic N) is 3. The Morgan fingerprint density at radius 3 is 2.28 bits per heavy atom. The van der Waals surface area contributed by atoms with Crippen LogP contribution in [0.4, 0.5) is 0 Å². The molecule has 150 valence electrons. The highest BCUT2D eigenvalue weighted by molar-refractivity contribution is 14.0. The van der Waals surface area contributed by atoms with Gasteiger partial charge in [-0.1, -0.05) is 0 Å². The van der Waals surface area contributed by atoms with E-state index in [0.29, 0.717) is 13.2 Å². The van der Waals surface area contributed by atoms with Crippen molar-refractivity contribution >= 4 is 29.9 Å². The van der Waals surface area contributed by atoms with Crippen LogP contribution in [0, 0.1) is 0 Å². The summed E-state index contributed by atoms with van der Waals surface area (Å²) in [5, 5.41) is 6.69. The number of halogens is 1. The minimum absolute atomic E-state index is 0.